The number of nitrogens with zero attached hydrogens (tertiary/aromatic N) is 1. The number of nitrogen functional groups attached to an aromatic ring is 1. The summed E-state index contributed by atoms with van der Waals surface area (Å²) in [5.41, 5.74) is 15.5. The van der Waals surface area contributed by atoms with E-state index in [9.17, 15) is 14.7 Å². The minimum absolute atomic E-state index is 0.00935. The molecule has 0 radical (unpaired) electrons. The number of aliphatic hydroxyl groups excluding tert-OH is 1. The number of amides is 2. The van der Waals surface area contributed by atoms with E-state index < -0.39 is 6.29 Å². The minimum atomic E-state index is -0.587. The summed E-state index contributed by atoms with van der Waals surface area (Å²) < 4.78 is 24.7. The van der Waals surface area contributed by atoms with Crippen molar-refractivity contribution in [3.8, 4) is 22.6 Å². The van der Waals surface area contributed by atoms with Crippen LogP contribution in [0.5, 0.6) is 11.5 Å². The van der Waals surface area contributed by atoms with Gasteiger partial charge in [0, 0.05) is 51.0 Å². The smallest absolute Gasteiger partial charge is 0.224 e. The zero-order valence-corrected chi connectivity index (χ0v) is 35.2. The minimum Gasteiger partial charge on any atom is -0.493 e. The Morgan fingerprint density at radius 1 is 0.754 bits per heavy atom. The lowest BCUT2D eigenvalue weighted by molar-refractivity contribution is -0.253. The maximum absolute atomic E-state index is 12.7. The highest BCUT2D eigenvalue weighted by Crippen LogP contribution is 2.40. The Hall–Kier alpha value is -5.72. The normalized spacial score (nSPS) is 17.6. The zero-order valence-electron chi connectivity index (χ0n) is 35.2. The number of carbonyl (C=O) groups is 2. The number of unbranched alkanes of at least 4 members (excludes halogenated alkanes) is 3. The Balaban J connectivity index is 0.942. The van der Waals surface area contributed by atoms with Gasteiger partial charge < -0.3 is 40.4 Å². The monoisotopic (exact) mass is 826 g/mol. The van der Waals surface area contributed by atoms with Crippen LogP contribution >= 0.6 is 0 Å². The van der Waals surface area contributed by atoms with E-state index in [-0.39, 0.29) is 30.6 Å². The summed E-state index contributed by atoms with van der Waals surface area (Å²) in [6.07, 6.45) is 4.88. The van der Waals surface area contributed by atoms with Crippen molar-refractivity contribution < 1.29 is 33.6 Å². The van der Waals surface area contributed by atoms with Crippen LogP contribution in [0.25, 0.3) is 11.1 Å². The molecular weight excluding hydrogens is 769 g/mol. The molecule has 5 N–H and O–H groups in total. The number of anilines is 2. The van der Waals surface area contributed by atoms with Gasteiger partial charge in [-0.2, -0.15) is 0 Å². The Morgan fingerprint density at radius 2 is 1.46 bits per heavy atom. The number of aliphatic hydroxyl groups is 1. The average molecular weight is 827 g/mol. The summed E-state index contributed by atoms with van der Waals surface area (Å²) in [4.78, 5) is 27.5. The molecule has 5 aromatic carbocycles. The van der Waals surface area contributed by atoms with Gasteiger partial charge in [-0.1, -0.05) is 85.6 Å². The second-order valence-electron chi connectivity index (χ2n) is 16.0. The van der Waals surface area contributed by atoms with Gasteiger partial charge in [0.1, 0.15) is 0 Å². The van der Waals surface area contributed by atoms with E-state index in [0.29, 0.717) is 37.2 Å². The predicted octanol–water partition coefficient (Wildman–Crippen LogP) is 8.64. The number of methoxy groups -OCH3 is 2. The van der Waals surface area contributed by atoms with Gasteiger partial charge in [-0.3, -0.25) is 14.5 Å². The van der Waals surface area contributed by atoms with Crippen LogP contribution in [0, 0.1) is 0 Å². The number of carbonyl (C=O) groups excluding carboxylic acids is 2. The van der Waals surface area contributed by atoms with E-state index in [1.165, 1.54) is 11.1 Å². The van der Waals surface area contributed by atoms with Crippen LogP contribution in [0.2, 0.25) is 0 Å². The van der Waals surface area contributed by atoms with E-state index in [0.717, 1.165) is 96.6 Å². The first kappa shape index (κ1) is 43.4. The molecule has 2 heterocycles. The molecule has 320 valence electrons. The summed E-state index contributed by atoms with van der Waals surface area (Å²) in [5.74, 6) is 1.46. The van der Waals surface area contributed by atoms with Crippen molar-refractivity contribution in [2.45, 2.75) is 89.6 Å². The van der Waals surface area contributed by atoms with Crippen LogP contribution in [0.4, 0.5) is 11.4 Å². The fourth-order valence-electron chi connectivity index (χ4n) is 8.18. The fraction of sp³-hybridized carbons (Fsp3) is 0.360. The van der Waals surface area contributed by atoms with Crippen molar-refractivity contribution in [1.82, 2.24) is 10.2 Å². The van der Waals surface area contributed by atoms with Gasteiger partial charge >= 0.3 is 0 Å². The molecule has 11 nitrogen and oxygen atoms in total. The van der Waals surface area contributed by atoms with Crippen LogP contribution < -0.4 is 25.8 Å². The van der Waals surface area contributed by atoms with Crippen molar-refractivity contribution in [1.29, 1.82) is 0 Å². The lowest BCUT2D eigenvalue weighted by atomic mass is 9.96. The maximum atomic E-state index is 12.7. The lowest BCUT2D eigenvalue weighted by Gasteiger charge is -2.39. The molecule has 3 atom stereocenters. The summed E-state index contributed by atoms with van der Waals surface area (Å²) in [6.45, 7) is 2.87. The first-order chi connectivity index (χ1) is 29.8. The standard InChI is InChI=1S/C50H58N4O7/c1-58-46-27-39-23-24-54(31-41(39)28-47(46)59-2)32-42-29-45(36-21-19-34(33-55)20-22-36)61-50(60-42)40-14-10-13-38(26-40)37-12-9-11-35(25-37)30-52-48(56)17-5-3-4-6-18-49(57)53-44-16-8-7-15-43(44)51/h7-16,19-22,25-28,42,45,50,55H,3-6,17-18,23-24,29-33,51H2,1-2H3,(H,52,56)(H,53,57). The molecule has 1 saturated heterocycles. The van der Waals surface area contributed by atoms with Crippen molar-refractivity contribution >= 4 is 23.2 Å². The second-order valence-corrected chi connectivity index (χ2v) is 16.0. The number of nitrogens with one attached hydrogen (secondary N) is 2. The van der Waals surface area contributed by atoms with Gasteiger partial charge in [0.2, 0.25) is 11.8 Å². The number of hydrogen-bond acceptors (Lipinski definition) is 9. The predicted molar refractivity (Wildman–Crippen MR) is 238 cm³/mol. The maximum Gasteiger partial charge on any atom is 0.224 e. The van der Waals surface area contributed by atoms with Crippen molar-refractivity contribution in [3.05, 3.63) is 143 Å². The molecule has 61 heavy (non-hydrogen) atoms. The van der Waals surface area contributed by atoms with Gasteiger partial charge in [0.05, 0.1) is 44.4 Å². The quantitative estimate of drug-likeness (QED) is 0.0504. The molecule has 2 aliphatic rings. The highest BCUT2D eigenvalue weighted by molar-refractivity contribution is 5.93. The summed E-state index contributed by atoms with van der Waals surface area (Å²) in [7, 11) is 3.34. The van der Waals surface area contributed by atoms with Gasteiger partial charge in [0.15, 0.2) is 17.8 Å². The van der Waals surface area contributed by atoms with Gasteiger partial charge in [-0.25, -0.2) is 0 Å². The van der Waals surface area contributed by atoms with E-state index in [1.54, 1.807) is 26.4 Å². The highest BCUT2D eigenvalue weighted by atomic mass is 16.7. The summed E-state index contributed by atoms with van der Waals surface area (Å²) in [5, 5.41) is 15.6. The third-order valence-electron chi connectivity index (χ3n) is 11.6. The van der Waals surface area contributed by atoms with Crippen molar-refractivity contribution in [2.75, 3.05) is 38.4 Å². The van der Waals surface area contributed by atoms with E-state index in [1.807, 2.05) is 54.6 Å². The third kappa shape index (κ3) is 11.8. The van der Waals surface area contributed by atoms with E-state index >= 15 is 0 Å². The first-order valence-corrected chi connectivity index (χ1v) is 21.4. The van der Waals surface area contributed by atoms with E-state index in [4.69, 9.17) is 24.7 Å². The Morgan fingerprint density at radius 3 is 2.20 bits per heavy atom. The largest absolute Gasteiger partial charge is 0.493 e. The Kier molecular flexibility index (Phi) is 15.1. The molecule has 0 spiro atoms. The van der Waals surface area contributed by atoms with Crippen LogP contribution in [-0.2, 0) is 45.2 Å². The fourth-order valence-corrected chi connectivity index (χ4v) is 8.18. The summed E-state index contributed by atoms with van der Waals surface area (Å²) in [6, 6.07) is 36.0. The highest BCUT2D eigenvalue weighted by Gasteiger charge is 2.34. The molecule has 0 aromatic heterocycles. The molecule has 3 unspecified atom stereocenters. The van der Waals surface area contributed by atoms with Gasteiger partial charge in [0.25, 0.3) is 0 Å². The number of benzene rings is 5. The molecule has 0 bridgehead atoms. The van der Waals surface area contributed by atoms with Crippen molar-refractivity contribution in [3.63, 3.8) is 0 Å². The van der Waals surface area contributed by atoms with Crippen molar-refractivity contribution in [2.24, 2.45) is 0 Å². The van der Waals surface area contributed by atoms with Crippen LogP contribution in [0.3, 0.4) is 0 Å². The van der Waals surface area contributed by atoms with E-state index in [2.05, 4.69) is 58.0 Å². The lowest BCUT2D eigenvalue weighted by Crippen LogP contribution is -2.41. The van der Waals surface area contributed by atoms with Gasteiger partial charge in [-0.05, 0) is 94.6 Å². The number of rotatable bonds is 18. The number of para-hydroxylation sites is 2. The molecule has 0 saturated carbocycles. The number of fused-ring (bicyclic) bond motifs is 1. The molecule has 0 aliphatic carbocycles. The number of hydrogen-bond donors (Lipinski definition) is 4. The SMILES string of the molecule is COc1cc2c(cc1OC)CN(CC1CC(c3ccc(CO)cc3)OC(c3cccc(-c4cccc(CNC(=O)CCCCCCC(=O)Nc5ccccc5N)c4)c3)O1)CC2. The molecule has 2 amide bonds. The molecule has 11 heteroatoms. The van der Waals surface area contributed by atoms with Crippen LogP contribution in [-0.4, -0.2) is 55.2 Å². The second kappa shape index (κ2) is 21.2. The summed E-state index contributed by atoms with van der Waals surface area (Å²) >= 11 is 0. The number of ether oxygens (including phenoxy) is 4. The zero-order chi connectivity index (χ0) is 42.6. The van der Waals surface area contributed by atoms with Crippen LogP contribution in [0.1, 0.15) is 90.7 Å². The molecule has 1 fully saturated rings. The first-order valence-electron chi connectivity index (χ1n) is 21.4. The molecule has 2 aliphatic heterocycles. The topological polar surface area (TPSA) is 145 Å². The third-order valence-corrected chi connectivity index (χ3v) is 11.6. The van der Waals surface area contributed by atoms with Gasteiger partial charge in [-0.15, -0.1) is 0 Å². The molecular formula is C50H58N4O7. The molecule has 5 aromatic rings. The van der Waals surface area contributed by atoms with Crippen LogP contribution in [0.15, 0.2) is 109 Å². The Bertz CT molecular complexity index is 2250. The number of nitrogens with two attached hydrogens (primary N) is 1. The average Bonchev–Trinajstić information content (AvgIpc) is 3.29. The Labute approximate surface area is 359 Å². The molecule has 7 rings (SSSR count).